The van der Waals surface area contributed by atoms with Crippen molar-refractivity contribution in [3.8, 4) is 0 Å². The number of hydrogen-bond donors (Lipinski definition) is 0. The summed E-state index contributed by atoms with van der Waals surface area (Å²) >= 11 is 0. The quantitative estimate of drug-likeness (QED) is 0.488. The molecule has 10 heavy (non-hydrogen) atoms. The fourth-order valence-corrected chi connectivity index (χ4v) is 1.70. The van der Waals surface area contributed by atoms with Gasteiger partial charge in [0.15, 0.2) is 0 Å². The Labute approximate surface area is 65.3 Å². The molecule has 0 aromatic carbocycles. The van der Waals surface area contributed by atoms with E-state index in [9.17, 15) is 0 Å². The third kappa shape index (κ3) is 3.05. The molecule has 2 atom stereocenters. The predicted molar refractivity (Wildman–Crippen MR) is 48.1 cm³/mol. The lowest BCUT2D eigenvalue weighted by Gasteiger charge is -2.02. The third-order valence-corrected chi connectivity index (χ3v) is 2.38. The lowest BCUT2D eigenvalue weighted by atomic mass is 10.0. The largest absolute Gasteiger partial charge is 0.106 e. The molecule has 0 heterocycles. The van der Waals surface area contributed by atoms with E-state index in [1.165, 1.54) is 25.7 Å². The SMILES string of the molecule is C=C.CCC1CCC(C)C1. The van der Waals surface area contributed by atoms with E-state index < -0.39 is 0 Å². The van der Waals surface area contributed by atoms with Gasteiger partial charge in [-0.05, 0) is 18.3 Å². The highest BCUT2D eigenvalue weighted by Crippen LogP contribution is 2.31. The van der Waals surface area contributed by atoms with E-state index in [-0.39, 0.29) is 0 Å². The van der Waals surface area contributed by atoms with Crippen molar-refractivity contribution in [2.24, 2.45) is 11.8 Å². The topological polar surface area (TPSA) is 0 Å². The second-order valence-corrected chi connectivity index (χ2v) is 3.19. The van der Waals surface area contributed by atoms with Crippen molar-refractivity contribution in [3.05, 3.63) is 13.2 Å². The van der Waals surface area contributed by atoms with Crippen molar-refractivity contribution in [2.45, 2.75) is 39.5 Å². The van der Waals surface area contributed by atoms with Gasteiger partial charge in [0.25, 0.3) is 0 Å². The van der Waals surface area contributed by atoms with Crippen molar-refractivity contribution < 1.29 is 0 Å². The first-order chi connectivity index (χ1) is 4.83. The Balaban J connectivity index is 0.000000371. The van der Waals surface area contributed by atoms with Crippen LogP contribution in [0.15, 0.2) is 13.2 Å². The first-order valence-corrected chi connectivity index (χ1v) is 4.33. The fourth-order valence-electron chi connectivity index (χ4n) is 1.70. The Kier molecular flexibility index (Phi) is 5.38. The number of hydrogen-bond acceptors (Lipinski definition) is 0. The maximum absolute atomic E-state index is 3.00. The number of rotatable bonds is 1. The van der Waals surface area contributed by atoms with E-state index in [2.05, 4.69) is 27.0 Å². The normalized spacial score (nSPS) is 31.0. The molecule has 0 heteroatoms. The minimum atomic E-state index is 1.03. The van der Waals surface area contributed by atoms with Gasteiger partial charge < -0.3 is 0 Å². The zero-order chi connectivity index (χ0) is 7.98. The van der Waals surface area contributed by atoms with Gasteiger partial charge in [-0.25, -0.2) is 0 Å². The molecule has 1 fully saturated rings. The molecule has 1 saturated carbocycles. The Hall–Kier alpha value is -0.260. The Bertz CT molecular complexity index is 76.1. The second kappa shape index (κ2) is 5.52. The van der Waals surface area contributed by atoms with Crippen LogP contribution in [0.4, 0.5) is 0 Å². The molecule has 1 aliphatic carbocycles. The summed E-state index contributed by atoms with van der Waals surface area (Å²) in [6, 6.07) is 0. The average molecular weight is 140 g/mol. The molecule has 0 radical (unpaired) electrons. The van der Waals surface area contributed by atoms with Gasteiger partial charge in [0.1, 0.15) is 0 Å². The molecule has 60 valence electrons. The van der Waals surface area contributed by atoms with Crippen molar-refractivity contribution >= 4 is 0 Å². The van der Waals surface area contributed by atoms with E-state index >= 15 is 0 Å². The molecule has 2 unspecified atom stereocenters. The van der Waals surface area contributed by atoms with Gasteiger partial charge in [0, 0.05) is 0 Å². The predicted octanol–water partition coefficient (Wildman–Crippen LogP) is 3.63. The highest BCUT2D eigenvalue weighted by atomic mass is 14.2. The standard InChI is InChI=1S/C8H16.C2H4/c1-3-8-5-4-7(2)6-8;1-2/h7-8H,3-6H2,1-2H3;1-2H2. The maximum atomic E-state index is 3.00. The first-order valence-electron chi connectivity index (χ1n) is 4.33. The molecule has 0 aromatic rings. The zero-order valence-electron chi connectivity index (χ0n) is 7.40. The van der Waals surface area contributed by atoms with Crippen molar-refractivity contribution in [3.63, 3.8) is 0 Å². The van der Waals surface area contributed by atoms with Gasteiger partial charge >= 0.3 is 0 Å². The van der Waals surface area contributed by atoms with Gasteiger partial charge in [0.2, 0.25) is 0 Å². The van der Waals surface area contributed by atoms with Crippen LogP contribution < -0.4 is 0 Å². The molecule has 0 amide bonds. The molecule has 1 aliphatic rings. The molecule has 0 aliphatic heterocycles. The molecule has 1 rings (SSSR count). The smallest absolute Gasteiger partial charge is 0.0414 e. The molecule has 0 N–H and O–H groups in total. The molecule has 0 saturated heterocycles. The van der Waals surface area contributed by atoms with Crippen LogP contribution in [-0.2, 0) is 0 Å². The highest BCUT2D eigenvalue weighted by molar-refractivity contribution is 4.70. The molecule has 0 spiro atoms. The third-order valence-electron chi connectivity index (χ3n) is 2.38. The van der Waals surface area contributed by atoms with Crippen LogP contribution in [-0.4, -0.2) is 0 Å². The fraction of sp³-hybridized carbons (Fsp3) is 0.800. The van der Waals surface area contributed by atoms with Crippen LogP contribution in [0.2, 0.25) is 0 Å². The van der Waals surface area contributed by atoms with Crippen LogP contribution in [0.25, 0.3) is 0 Å². The summed E-state index contributed by atoms with van der Waals surface area (Å²) in [6.07, 6.45) is 5.89. The second-order valence-electron chi connectivity index (χ2n) is 3.19. The zero-order valence-corrected chi connectivity index (χ0v) is 7.40. The van der Waals surface area contributed by atoms with Crippen LogP contribution in [0.1, 0.15) is 39.5 Å². The molecular formula is C10H20. The molecule has 0 nitrogen and oxygen atoms in total. The van der Waals surface area contributed by atoms with Crippen LogP contribution in [0.5, 0.6) is 0 Å². The lowest BCUT2D eigenvalue weighted by Crippen LogP contribution is -1.89. The molecule has 0 bridgehead atoms. The minimum Gasteiger partial charge on any atom is -0.106 e. The summed E-state index contributed by atoms with van der Waals surface area (Å²) in [5.41, 5.74) is 0. The monoisotopic (exact) mass is 140 g/mol. The lowest BCUT2D eigenvalue weighted by molar-refractivity contribution is 0.501. The summed E-state index contributed by atoms with van der Waals surface area (Å²) in [4.78, 5) is 0. The molecular weight excluding hydrogens is 120 g/mol. The van der Waals surface area contributed by atoms with E-state index in [4.69, 9.17) is 0 Å². The first kappa shape index (κ1) is 9.74. The highest BCUT2D eigenvalue weighted by Gasteiger charge is 2.18. The van der Waals surface area contributed by atoms with Crippen molar-refractivity contribution in [2.75, 3.05) is 0 Å². The minimum absolute atomic E-state index is 1.03. The van der Waals surface area contributed by atoms with Crippen LogP contribution in [0.3, 0.4) is 0 Å². The van der Waals surface area contributed by atoms with Gasteiger partial charge in [-0.3, -0.25) is 0 Å². The summed E-state index contributed by atoms with van der Waals surface area (Å²) in [6.45, 7) is 10.7. The van der Waals surface area contributed by atoms with Crippen LogP contribution in [0, 0.1) is 11.8 Å². The average Bonchev–Trinajstić information content (AvgIpc) is 2.40. The van der Waals surface area contributed by atoms with Gasteiger partial charge in [-0.15, -0.1) is 13.2 Å². The summed E-state index contributed by atoms with van der Waals surface area (Å²) < 4.78 is 0. The van der Waals surface area contributed by atoms with Gasteiger partial charge in [-0.1, -0.05) is 33.1 Å². The van der Waals surface area contributed by atoms with E-state index in [0.29, 0.717) is 0 Å². The van der Waals surface area contributed by atoms with Gasteiger partial charge in [-0.2, -0.15) is 0 Å². The van der Waals surface area contributed by atoms with E-state index in [1.54, 1.807) is 0 Å². The Morgan fingerprint density at radius 3 is 2.10 bits per heavy atom. The van der Waals surface area contributed by atoms with Crippen molar-refractivity contribution in [1.82, 2.24) is 0 Å². The van der Waals surface area contributed by atoms with Gasteiger partial charge in [0.05, 0.1) is 0 Å². The Morgan fingerprint density at radius 1 is 1.30 bits per heavy atom. The molecule has 0 aromatic heterocycles. The summed E-state index contributed by atoms with van der Waals surface area (Å²) in [7, 11) is 0. The van der Waals surface area contributed by atoms with Crippen molar-refractivity contribution in [1.29, 1.82) is 0 Å². The summed E-state index contributed by atoms with van der Waals surface area (Å²) in [5.74, 6) is 2.10. The maximum Gasteiger partial charge on any atom is -0.0414 e. The van der Waals surface area contributed by atoms with Crippen LogP contribution >= 0.6 is 0 Å². The van der Waals surface area contributed by atoms with E-state index in [0.717, 1.165) is 11.8 Å². The van der Waals surface area contributed by atoms with E-state index in [1.807, 2.05) is 0 Å². The summed E-state index contributed by atoms with van der Waals surface area (Å²) in [5, 5.41) is 0. The Morgan fingerprint density at radius 2 is 1.90 bits per heavy atom.